The molecule has 0 N–H and O–H groups in total. The molecule has 2 rings (SSSR count). The summed E-state index contributed by atoms with van der Waals surface area (Å²) in [5.41, 5.74) is 2.07. The molecule has 0 aliphatic heterocycles. The van der Waals surface area contributed by atoms with E-state index < -0.39 is 0 Å². The number of fused-ring (bicyclic) bond motifs is 1. The Kier molecular flexibility index (Phi) is 3.60. The molecular weight excluding hydrogens is 278 g/mol. The molecule has 0 bridgehead atoms. The van der Waals surface area contributed by atoms with Crippen molar-refractivity contribution in [3.05, 3.63) is 34.9 Å². The number of hydrogen-bond acceptors (Lipinski definition) is 3. The summed E-state index contributed by atoms with van der Waals surface area (Å²) in [6, 6.07) is 10.2. The Bertz CT molecular complexity index is 574. The third-order valence-corrected chi connectivity index (χ3v) is 3.14. The number of hydrogen-bond donors (Lipinski definition) is 0. The fourth-order valence-corrected chi connectivity index (χ4v) is 2.14. The van der Waals surface area contributed by atoms with Gasteiger partial charge >= 0.3 is 0 Å². The van der Waals surface area contributed by atoms with E-state index in [1.54, 1.807) is 6.20 Å². The number of benzene rings is 1. The van der Waals surface area contributed by atoms with Crippen molar-refractivity contribution in [2.45, 2.75) is 6.42 Å². The normalized spacial score (nSPS) is 10.2. The topological polar surface area (TPSA) is 39.9 Å². The number of aromatic nitrogens is 1. The first-order valence-corrected chi connectivity index (χ1v) is 6.14. The van der Waals surface area contributed by atoms with E-state index in [9.17, 15) is 0 Å². The number of nitriles is 1. The molecule has 3 nitrogen and oxygen atoms in total. The van der Waals surface area contributed by atoms with Gasteiger partial charge in [-0.15, -0.1) is 0 Å². The first-order valence-electron chi connectivity index (χ1n) is 5.35. The van der Waals surface area contributed by atoms with E-state index in [2.05, 4.69) is 37.9 Å². The highest BCUT2D eigenvalue weighted by Crippen LogP contribution is 2.27. The highest BCUT2D eigenvalue weighted by molar-refractivity contribution is 9.10. The summed E-state index contributed by atoms with van der Waals surface area (Å²) in [7, 11) is 1.99. The number of pyridine rings is 1. The molecule has 17 heavy (non-hydrogen) atoms. The van der Waals surface area contributed by atoms with Crippen molar-refractivity contribution in [2.24, 2.45) is 0 Å². The summed E-state index contributed by atoms with van der Waals surface area (Å²) in [6.07, 6.45) is 2.32. The molecule has 86 valence electrons. The van der Waals surface area contributed by atoms with Crippen molar-refractivity contribution < 1.29 is 0 Å². The van der Waals surface area contributed by atoms with Crippen LogP contribution < -0.4 is 4.90 Å². The van der Waals surface area contributed by atoms with Crippen molar-refractivity contribution in [3.8, 4) is 6.07 Å². The molecule has 0 aliphatic rings. The van der Waals surface area contributed by atoms with Gasteiger partial charge in [0.05, 0.1) is 18.0 Å². The minimum atomic E-state index is 0.522. The third-order valence-electron chi connectivity index (χ3n) is 2.65. The lowest BCUT2D eigenvalue weighted by molar-refractivity contribution is 0.908. The fourth-order valence-electron chi connectivity index (χ4n) is 1.77. The molecule has 0 radical (unpaired) electrons. The van der Waals surface area contributed by atoms with Crippen molar-refractivity contribution >= 4 is 32.5 Å². The molecule has 0 saturated carbocycles. The van der Waals surface area contributed by atoms with Crippen molar-refractivity contribution in [1.29, 1.82) is 5.26 Å². The lowest BCUT2D eigenvalue weighted by Gasteiger charge is -2.19. The Morgan fingerprint density at radius 3 is 3.00 bits per heavy atom. The van der Waals surface area contributed by atoms with E-state index in [-0.39, 0.29) is 0 Å². The molecule has 4 heteroatoms. The molecule has 0 aliphatic carbocycles. The van der Waals surface area contributed by atoms with Gasteiger partial charge in [0.1, 0.15) is 0 Å². The number of rotatable bonds is 3. The Hall–Kier alpha value is -1.60. The summed E-state index contributed by atoms with van der Waals surface area (Å²) in [6.45, 7) is 0.724. The van der Waals surface area contributed by atoms with Crippen LogP contribution in [0.1, 0.15) is 6.42 Å². The van der Waals surface area contributed by atoms with Crippen LogP contribution in [0.4, 0.5) is 5.69 Å². The van der Waals surface area contributed by atoms with Gasteiger partial charge in [0.25, 0.3) is 0 Å². The Morgan fingerprint density at radius 1 is 1.41 bits per heavy atom. The van der Waals surface area contributed by atoms with Gasteiger partial charge in [-0.3, -0.25) is 4.98 Å². The maximum absolute atomic E-state index is 8.62. The predicted molar refractivity (Wildman–Crippen MR) is 72.9 cm³/mol. The molecule has 1 heterocycles. The average molecular weight is 290 g/mol. The number of nitrogens with zero attached hydrogens (tertiary/aromatic N) is 3. The van der Waals surface area contributed by atoms with E-state index >= 15 is 0 Å². The van der Waals surface area contributed by atoms with Crippen LogP contribution in [0.3, 0.4) is 0 Å². The second-order valence-corrected chi connectivity index (χ2v) is 4.74. The zero-order valence-electron chi connectivity index (χ0n) is 9.52. The second-order valence-electron chi connectivity index (χ2n) is 3.82. The zero-order valence-corrected chi connectivity index (χ0v) is 11.1. The van der Waals surface area contributed by atoms with Gasteiger partial charge < -0.3 is 4.90 Å². The second kappa shape index (κ2) is 5.15. The SMILES string of the molecule is CN(CCC#N)c1ccnc2ccc(Br)cc12. The Morgan fingerprint density at radius 2 is 2.24 bits per heavy atom. The quantitative estimate of drug-likeness (QED) is 0.870. The van der Waals surface area contributed by atoms with Crippen LogP contribution in [0, 0.1) is 11.3 Å². The van der Waals surface area contributed by atoms with E-state index in [4.69, 9.17) is 5.26 Å². The smallest absolute Gasteiger partial charge is 0.0723 e. The minimum absolute atomic E-state index is 0.522. The maximum atomic E-state index is 8.62. The van der Waals surface area contributed by atoms with Crippen molar-refractivity contribution in [3.63, 3.8) is 0 Å². The van der Waals surface area contributed by atoms with Crippen LogP contribution >= 0.6 is 15.9 Å². The molecule has 0 unspecified atom stereocenters. The molecule has 0 atom stereocenters. The van der Waals surface area contributed by atoms with Crippen LogP contribution in [-0.2, 0) is 0 Å². The predicted octanol–water partition coefficient (Wildman–Crippen LogP) is 3.35. The van der Waals surface area contributed by atoms with Crippen molar-refractivity contribution in [1.82, 2.24) is 4.98 Å². The van der Waals surface area contributed by atoms with Crippen LogP contribution in [0.25, 0.3) is 10.9 Å². The van der Waals surface area contributed by atoms with Gasteiger partial charge in [0.2, 0.25) is 0 Å². The van der Waals surface area contributed by atoms with Crippen LogP contribution in [0.15, 0.2) is 34.9 Å². The van der Waals surface area contributed by atoms with E-state index in [0.717, 1.165) is 27.6 Å². The summed E-state index contributed by atoms with van der Waals surface area (Å²) in [5.74, 6) is 0. The summed E-state index contributed by atoms with van der Waals surface area (Å²) >= 11 is 3.47. The van der Waals surface area contributed by atoms with Crippen LogP contribution in [-0.4, -0.2) is 18.6 Å². The standard InChI is InChI=1S/C13H12BrN3/c1-17(8-2-6-15)13-5-7-16-12-4-3-10(14)9-11(12)13/h3-5,7,9H,2,8H2,1H3. The molecule has 0 spiro atoms. The zero-order chi connectivity index (χ0) is 12.3. The highest BCUT2D eigenvalue weighted by Gasteiger charge is 2.06. The first-order chi connectivity index (χ1) is 8.22. The monoisotopic (exact) mass is 289 g/mol. The van der Waals surface area contributed by atoms with Gasteiger partial charge in [0.15, 0.2) is 0 Å². The highest BCUT2D eigenvalue weighted by atomic mass is 79.9. The summed E-state index contributed by atoms with van der Waals surface area (Å²) in [5, 5.41) is 9.72. The van der Waals surface area contributed by atoms with Gasteiger partial charge in [-0.05, 0) is 24.3 Å². The van der Waals surface area contributed by atoms with Gasteiger partial charge in [-0.1, -0.05) is 15.9 Å². The largest absolute Gasteiger partial charge is 0.373 e. The van der Waals surface area contributed by atoms with Gasteiger partial charge in [-0.25, -0.2) is 0 Å². The lowest BCUT2D eigenvalue weighted by atomic mass is 10.1. The van der Waals surface area contributed by atoms with E-state index in [1.807, 2.05) is 25.2 Å². The average Bonchev–Trinajstić information content (AvgIpc) is 2.35. The van der Waals surface area contributed by atoms with E-state index in [1.165, 1.54) is 0 Å². The maximum Gasteiger partial charge on any atom is 0.0723 e. The Labute approximate surface area is 109 Å². The van der Waals surface area contributed by atoms with Crippen molar-refractivity contribution in [2.75, 3.05) is 18.5 Å². The van der Waals surface area contributed by atoms with Crippen LogP contribution in [0.2, 0.25) is 0 Å². The first kappa shape index (κ1) is 11.9. The fraction of sp³-hybridized carbons (Fsp3) is 0.231. The molecule has 2 aromatic rings. The van der Waals surface area contributed by atoms with Gasteiger partial charge in [-0.2, -0.15) is 5.26 Å². The summed E-state index contributed by atoms with van der Waals surface area (Å²) < 4.78 is 1.04. The minimum Gasteiger partial charge on any atom is -0.373 e. The molecule has 0 saturated heterocycles. The van der Waals surface area contributed by atoms with E-state index in [0.29, 0.717) is 6.42 Å². The molecule has 0 amide bonds. The Balaban J connectivity index is 2.46. The molecule has 0 fully saturated rings. The molecular formula is C13H12BrN3. The number of anilines is 1. The molecule has 1 aromatic carbocycles. The number of halogens is 1. The van der Waals surface area contributed by atoms with Gasteiger partial charge in [0, 0.05) is 35.3 Å². The lowest BCUT2D eigenvalue weighted by Crippen LogP contribution is -2.18. The third kappa shape index (κ3) is 2.56. The summed E-state index contributed by atoms with van der Waals surface area (Å²) in [4.78, 5) is 6.42. The molecule has 1 aromatic heterocycles. The van der Waals surface area contributed by atoms with Crippen LogP contribution in [0.5, 0.6) is 0 Å².